The lowest BCUT2D eigenvalue weighted by Crippen LogP contribution is -2.29. The van der Waals surface area contributed by atoms with Crippen LogP contribution in [0.5, 0.6) is 0 Å². The molecule has 0 unspecified atom stereocenters. The van der Waals surface area contributed by atoms with E-state index in [1.165, 1.54) is 28.6 Å². The minimum atomic E-state index is -3.79. The number of hydrogen-bond donors (Lipinski definition) is 2. The molecule has 0 spiro atoms. The third-order valence-corrected chi connectivity index (χ3v) is 8.62. The van der Waals surface area contributed by atoms with Crippen molar-refractivity contribution in [1.82, 2.24) is 0 Å². The van der Waals surface area contributed by atoms with Gasteiger partial charge in [0.2, 0.25) is 10.0 Å². The number of amides is 1. The fourth-order valence-corrected chi connectivity index (χ4v) is 5.89. The van der Waals surface area contributed by atoms with E-state index in [0.29, 0.717) is 22.6 Å². The molecule has 2 N–H and O–H groups in total. The Kier molecular flexibility index (Phi) is 8.08. The molecule has 0 saturated carbocycles. The normalized spacial score (nSPS) is 11.6. The highest BCUT2D eigenvalue weighted by molar-refractivity contribution is 7.92. The van der Waals surface area contributed by atoms with Gasteiger partial charge in [-0.3, -0.25) is 13.8 Å². The number of carbonyl (C=O) groups excluding carboxylic acids is 1. The number of aryl methyl sites for hydroxylation is 2. The monoisotopic (exact) mass is 563 g/mol. The molecule has 0 bridgehead atoms. The van der Waals surface area contributed by atoms with Crippen molar-refractivity contribution >= 4 is 43.0 Å². The highest BCUT2D eigenvalue weighted by atomic mass is 32.2. The van der Waals surface area contributed by atoms with Crippen LogP contribution in [0, 0.1) is 13.8 Å². The van der Waals surface area contributed by atoms with Crippen LogP contribution in [0.3, 0.4) is 0 Å². The Morgan fingerprint density at radius 1 is 0.769 bits per heavy atom. The van der Waals surface area contributed by atoms with E-state index in [9.17, 15) is 21.6 Å². The summed E-state index contributed by atoms with van der Waals surface area (Å²) in [5.74, 6) is -0.417. The van der Waals surface area contributed by atoms with E-state index in [1.54, 1.807) is 42.5 Å². The van der Waals surface area contributed by atoms with E-state index >= 15 is 0 Å². The second-order valence-electron chi connectivity index (χ2n) is 9.20. The maximum atomic E-state index is 12.8. The molecule has 0 aliphatic heterocycles. The molecule has 0 atom stereocenters. The Labute approximate surface area is 229 Å². The highest BCUT2D eigenvalue weighted by Crippen LogP contribution is 2.24. The molecule has 0 heterocycles. The molecule has 4 aromatic carbocycles. The zero-order valence-electron chi connectivity index (χ0n) is 21.7. The van der Waals surface area contributed by atoms with E-state index in [2.05, 4.69) is 10.0 Å². The zero-order chi connectivity index (χ0) is 28.2. The lowest BCUT2D eigenvalue weighted by atomic mass is 10.1. The molecule has 0 radical (unpaired) electrons. The van der Waals surface area contributed by atoms with Gasteiger partial charge >= 0.3 is 0 Å². The molecular weight excluding hydrogens is 534 g/mol. The van der Waals surface area contributed by atoms with Gasteiger partial charge in [0.1, 0.15) is 0 Å². The van der Waals surface area contributed by atoms with Crippen LogP contribution in [0.1, 0.15) is 27.0 Å². The van der Waals surface area contributed by atoms with Gasteiger partial charge in [0, 0.05) is 16.9 Å². The summed E-state index contributed by atoms with van der Waals surface area (Å²) >= 11 is 0. The molecular formula is C29H29N3O5S2. The maximum Gasteiger partial charge on any atom is 0.261 e. The fourth-order valence-electron chi connectivity index (χ4n) is 3.96. The number of anilines is 3. The average Bonchev–Trinajstić information content (AvgIpc) is 2.88. The van der Waals surface area contributed by atoms with Crippen LogP contribution in [0.2, 0.25) is 0 Å². The van der Waals surface area contributed by atoms with Gasteiger partial charge in [-0.05, 0) is 91.2 Å². The summed E-state index contributed by atoms with van der Waals surface area (Å²) in [5.41, 5.74) is 4.42. The van der Waals surface area contributed by atoms with Crippen LogP contribution in [-0.2, 0) is 26.6 Å². The van der Waals surface area contributed by atoms with E-state index in [0.717, 1.165) is 22.9 Å². The minimum Gasteiger partial charge on any atom is -0.322 e. The van der Waals surface area contributed by atoms with Gasteiger partial charge in [0.05, 0.1) is 23.4 Å². The summed E-state index contributed by atoms with van der Waals surface area (Å²) in [6.07, 6.45) is 1.15. The first kappa shape index (κ1) is 27.9. The number of nitrogens with zero attached hydrogens (tertiary/aromatic N) is 1. The number of sulfonamides is 2. The van der Waals surface area contributed by atoms with Crippen molar-refractivity contribution in [2.24, 2.45) is 0 Å². The molecule has 0 aliphatic rings. The van der Waals surface area contributed by atoms with Crippen molar-refractivity contribution in [3.63, 3.8) is 0 Å². The van der Waals surface area contributed by atoms with Crippen LogP contribution >= 0.6 is 0 Å². The van der Waals surface area contributed by atoms with E-state index in [4.69, 9.17) is 0 Å². The van der Waals surface area contributed by atoms with Gasteiger partial charge in [-0.15, -0.1) is 0 Å². The largest absolute Gasteiger partial charge is 0.322 e. The predicted octanol–water partition coefficient (Wildman–Crippen LogP) is 5.32. The van der Waals surface area contributed by atoms with Crippen molar-refractivity contribution in [3.8, 4) is 0 Å². The quantitative estimate of drug-likeness (QED) is 0.286. The fraction of sp³-hybridized carbons (Fsp3) is 0.138. The summed E-state index contributed by atoms with van der Waals surface area (Å²) in [4.78, 5) is 12.9. The molecule has 0 aromatic heterocycles. The number of carbonyl (C=O) groups is 1. The van der Waals surface area contributed by atoms with Crippen molar-refractivity contribution in [3.05, 3.63) is 119 Å². The van der Waals surface area contributed by atoms with Gasteiger partial charge in [-0.1, -0.05) is 36.4 Å². The van der Waals surface area contributed by atoms with Crippen LogP contribution in [0.15, 0.2) is 102 Å². The summed E-state index contributed by atoms with van der Waals surface area (Å²) in [6.45, 7) is 3.97. The second-order valence-corrected chi connectivity index (χ2v) is 12.8. The number of nitrogens with one attached hydrogen (secondary N) is 2. The van der Waals surface area contributed by atoms with Crippen molar-refractivity contribution in [1.29, 1.82) is 0 Å². The van der Waals surface area contributed by atoms with Crippen LogP contribution < -0.4 is 14.3 Å². The van der Waals surface area contributed by atoms with Crippen LogP contribution in [0.4, 0.5) is 17.1 Å². The molecule has 0 aliphatic carbocycles. The first-order chi connectivity index (χ1) is 18.4. The minimum absolute atomic E-state index is 0.0564. The van der Waals surface area contributed by atoms with Crippen LogP contribution in [-0.4, -0.2) is 29.0 Å². The molecule has 0 fully saturated rings. The summed E-state index contributed by atoms with van der Waals surface area (Å²) in [6, 6.07) is 26.7. The zero-order valence-corrected chi connectivity index (χ0v) is 23.4. The Bertz CT molecular complexity index is 1700. The van der Waals surface area contributed by atoms with Crippen molar-refractivity contribution in [2.75, 3.05) is 20.6 Å². The molecule has 4 rings (SSSR count). The van der Waals surface area contributed by atoms with E-state index in [1.807, 2.05) is 44.2 Å². The summed E-state index contributed by atoms with van der Waals surface area (Å²) in [7, 11) is -7.37. The van der Waals surface area contributed by atoms with Gasteiger partial charge in [0.15, 0.2) is 0 Å². The Hall–Kier alpha value is -4.15. The molecule has 202 valence electrons. The second kappa shape index (κ2) is 11.3. The third-order valence-electron chi connectivity index (χ3n) is 6.09. The topological polar surface area (TPSA) is 113 Å². The Morgan fingerprint density at radius 3 is 2.05 bits per heavy atom. The Balaban J connectivity index is 1.45. The van der Waals surface area contributed by atoms with Gasteiger partial charge in [-0.2, -0.15) is 0 Å². The van der Waals surface area contributed by atoms with E-state index < -0.39 is 26.0 Å². The maximum absolute atomic E-state index is 12.8. The SMILES string of the molecule is Cc1cccc(NS(=O)(=O)c2ccc(NC(=O)c3ccc(N(Cc4ccccc4C)S(C)(=O)=O)cc3)cc2)c1. The average molecular weight is 564 g/mol. The lowest BCUT2D eigenvalue weighted by molar-refractivity contribution is 0.102. The molecule has 4 aromatic rings. The van der Waals surface area contributed by atoms with E-state index in [-0.39, 0.29) is 11.4 Å². The first-order valence-corrected chi connectivity index (χ1v) is 15.4. The first-order valence-electron chi connectivity index (χ1n) is 12.1. The Morgan fingerprint density at radius 2 is 1.44 bits per heavy atom. The lowest BCUT2D eigenvalue weighted by Gasteiger charge is -2.23. The van der Waals surface area contributed by atoms with Crippen LogP contribution in [0.25, 0.3) is 0 Å². The smallest absolute Gasteiger partial charge is 0.261 e. The highest BCUT2D eigenvalue weighted by Gasteiger charge is 2.20. The standard InChI is InChI=1S/C29H29N3O5S2/c1-21-7-6-10-26(19-21)31-39(36,37)28-17-13-25(14-18-28)30-29(33)23-11-15-27(16-12-23)32(38(3,34)35)20-24-9-5-4-8-22(24)2/h4-19,31H,20H2,1-3H3,(H,30,33). The molecule has 10 heteroatoms. The van der Waals surface area contributed by atoms with Crippen molar-refractivity contribution < 1.29 is 21.6 Å². The van der Waals surface area contributed by atoms with Gasteiger partial charge in [-0.25, -0.2) is 16.8 Å². The van der Waals surface area contributed by atoms with Gasteiger partial charge < -0.3 is 5.32 Å². The summed E-state index contributed by atoms with van der Waals surface area (Å²) in [5, 5.41) is 2.73. The molecule has 8 nitrogen and oxygen atoms in total. The number of benzene rings is 4. The van der Waals surface area contributed by atoms with Crippen molar-refractivity contribution in [2.45, 2.75) is 25.3 Å². The van der Waals surface area contributed by atoms with Gasteiger partial charge in [0.25, 0.3) is 15.9 Å². The number of hydrogen-bond acceptors (Lipinski definition) is 5. The molecule has 0 saturated heterocycles. The summed E-state index contributed by atoms with van der Waals surface area (Å²) < 4.78 is 54.3. The number of rotatable bonds is 9. The third kappa shape index (κ3) is 7.04. The predicted molar refractivity (Wildman–Crippen MR) is 155 cm³/mol. The molecule has 39 heavy (non-hydrogen) atoms. The molecule has 1 amide bonds.